The molecule has 3 heterocycles. The van der Waals surface area contributed by atoms with Gasteiger partial charge in [-0.15, -0.1) is 11.3 Å². The normalized spacial score (nSPS) is 11.2. The average Bonchev–Trinajstić information content (AvgIpc) is 2.93. The summed E-state index contributed by atoms with van der Waals surface area (Å²) in [6.45, 7) is 2.14. The van der Waals surface area contributed by atoms with Crippen LogP contribution < -0.4 is 0 Å². The van der Waals surface area contributed by atoms with E-state index in [0.29, 0.717) is 0 Å². The van der Waals surface area contributed by atoms with Gasteiger partial charge in [-0.05, 0) is 40.0 Å². The predicted molar refractivity (Wildman–Crippen MR) is 74.3 cm³/mol. The van der Waals surface area contributed by atoms with Crippen LogP contribution in [-0.4, -0.2) is 15.0 Å². The van der Waals surface area contributed by atoms with Gasteiger partial charge in [0.05, 0.1) is 10.4 Å². The molecule has 0 radical (unpaired) electrons. The molecule has 3 aromatic heterocycles. The zero-order valence-electron chi connectivity index (χ0n) is 9.20. The lowest BCUT2D eigenvalue weighted by Gasteiger charge is -1.95. The van der Waals surface area contributed by atoms with Crippen molar-refractivity contribution in [3.8, 4) is 10.7 Å². The lowest BCUT2D eigenvalue weighted by atomic mass is 10.2. The minimum absolute atomic E-state index is 0.795. The second-order valence-corrected chi connectivity index (χ2v) is 5.56. The maximum absolute atomic E-state index is 4.53. The van der Waals surface area contributed by atoms with Crippen molar-refractivity contribution in [2.45, 2.75) is 13.3 Å². The summed E-state index contributed by atoms with van der Waals surface area (Å²) in [4.78, 5) is 13.3. The smallest absolute Gasteiger partial charge is 0.178 e. The van der Waals surface area contributed by atoms with E-state index in [0.717, 1.165) is 32.8 Å². The SMILES string of the molecule is CCc1ccnc2nc(-c3cc(Br)cs3)[nH]c12. The van der Waals surface area contributed by atoms with Gasteiger partial charge < -0.3 is 4.98 Å². The third kappa shape index (κ3) is 1.89. The third-order valence-electron chi connectivity index (χ3n) is 2.66. The van der Waals surface area contributed by atoms with Crippen LogP contribution in [0.2, 0.25) is 0 Å². The number of nitrogens with one attached hydrogen (secondary N) is 1. The molecule has 0 aromatic carbocycles. The molecule has 0 spiro atoms. The molecule has 0 aliphatic carbocycles. The van der Waals surface area contributed by atoms with E-state index in [4.69, 9.17) is 0 Å². The molecule has 0 aliphatic rings. The molecule has 0 saturated carbocycles. The topological polar surface area (TPSA) is 41.6 Å². The summed E-state index contributed by atoms with van der Waals surface area (Å²) < 4.78 is 1.08. The van der Waals surface area contributed by atoms with Crippen LogP contribution in [0.25, 0.3) is 21.9 Å². The standard InChI is InChI=1S/C12H10BrN3S/c1-2-7-3-4-14-12-10(7)15-11(16-12)9-5-8(13)6-17-9/h3-6H,2H2,1H3,(H,14,15,16). The minimum Gasteiger partial charge on any atom is -0.336 e. The van der Waals surface area contributed by atoms with E-state index in [2.05, 4.69) is 49.3 Å². The molecule has 0 fully saturated rings. The molecule has 0 atom stereocenters. The summed E-state index contributed by atoms with van der Waals surface area (Å²) in [6, 6.07) is 4.10. The van der Waals surface area contributed by atoms with Crippen LogP contribution in [0.1, 0.15) is 12.5 Å². The summed E-state index contributed by atoms with van der Waals surface area (Å²) in [5.41, 5.74) is 3.10. The highest BCUT2D eigenvalue weighted by Crippen LogP contribution is 2.29. The van der Waals surface area contributed by atoms with Crippen LogP contribution in [0.5, 0.6) is 0 Å². The number of nitrogens with zero attached hydrogens (tertiary/aromatic N) is 2. The van der Waals surface area contributed by atoms with Gasteiger partial charge in [0.25, 0.3) is 0 Å². The first kappa shape index (κ1) is 10.9. The van der Waals surface area contributed by atoms with Gasteiger partial charge in [0.15, 0.2) is 11.5 Å². The highest BCUT2D eigenvalue weighted by Gasteiger charge is 2.10. The lowest BCUT2D eigenvalue weighted by molar-refractivity contribution is 1.14. The Morgan fingerprint density at radius 1 is 1.47 bits per heavy atom. The summed E-state index contributed by atoms with van der Waals surface area (Å²) in [6.07, 6.45) is 2.80. The number of H-pyrrole nitrogens is 1. The summed E-state index contributed by atoms with van der Waals surface area (Å²) in [5.74, 6) is 0.893. The fourth-order valence-corrected chi connectivity index (χ4v) is 3.18. The summed E-state index contributed by atoms with van der Waals surface area (Å²) in [5, 5.41) is 2.05. The van der Waals surface area contributed by atoms with Crippen molar-refractivity contribution in [3.05, 3.63) is 33.7 Å². The summed E-state index contributed by atoms with van der Waals surface area (Å²) >= 11 is 5.12. The quantitative estimate of drug-likeness (QED) is 0.777. The Kier molecular flexibility index (Phi) is 2.72. The van der Waals surface area contributed by atoms with E-state index in [1.807, 2.05) is 12.3 Å². The van der Waals surface area contributed by atoms with Crippen molar-refractivity contribution in [1.29, 1.82) is 0 Å². The second-order valence-electron chi connectivity index (χ2n) is 3.74. The van der Waals surface area contributed by atoms with E-state index in [-0.39, 0.29) is 0 Å². The molecule has 5 heteroatoms. The van der Waals surface area contributed by atoms with E-state index in [9.17, 15) is 0 Å². The highest BCUT2D eigenvalue weighted by molar-refractivity contribution is 9.10. The fraction of sp³-hybridized carbons (Fsp3) is 0.167. The maximum atomic E-state index is 4.53. The number of hydrogen-bond donors (Lipinski definition) is 1. The molecule has 3 rings (SSSR count). The molecule has 3 aromatic rings. The van der Waals surface area contributed by atoms with Gasteiger partial charge in [0.1, 0.15) is 0 Å². The van der Waals surface area contributed by atoms with Crippen LogP contribution in [0.4, 0.5) is 0 Å². The number of hydrogen-bond acceptors (Lipinski definition) is 3. The molecule has 1 N–H and O–H groups in total. The predicted octanol–water partition coefficient (Wildman–Crippen LogP) is 4.01. The molecule has 0 unspecified atom stereocenters. The number of pyridine rings is 1. The molecule has 17 heavy (non-hydrogen) atoms. The van der Waals surface area contributed by atoms with Gasteiger partial charge in [-0.2, -0.15) is 0 Å². The Morgan fingerprint density at radius 2 is 2.35 bits per heavy atom. The molecular weight excluding hydrogens is 298 g/mol. The number of aromatic amines is 1. The number of fused-ring (bicyclic) bond motifs is 1. The molecule has 0 aliphatic heterocycles. The largest absolute Gasteiger partial charge is 0.336 e. The Balaban J connectivity index is 2.19. The highest BCUT2D eigenvalue weighted by atomic mass is 79.9. The van der Waals surface area contributed by atoms with E-state index >= 15 is 0 Å². The molecule has 0 bridgehead atoms. The molecule has 0 amide bonds. The number of halogens is 1. The first-order valence-electron chi connectivity index (χ1n) is 5.36. The van der Waals surface area contributed by atoms with Crippen LogP contribution >= 0.6 is 27.3 Å². The lowest BCUT2D eigenvalue weighted by Crippen LogP contribution is -1.84. The van der Waals surface area contributed by atoms with E-state index in [1.165, 1.54) is 5.56 Å². The van der Waals surface area contributed by atoms with Crippen molar-refractivity contribution in [2.24, 2.45) is 0 Å². The van der Waals surface area contributed by atoms with Crippen molar-refractivity contribution in [2.75, 3.05) is 0 Å². The van der Waals surface area contributed by atoms with Crippen molar-refractivity contribution >= 4 is 38.4 Å². The number of aryl methyl sites for hydroxylation is 1. The van der Waals surface area contributed by atoms with Gasteiger partial charge >= 0.3 is 0 Å². The number of aromatic nitrogens is 3. The van der Waals surface area contributed by atoms with E-state index in [1.54, 1.807) is 11.3 Å². The van der Waals surface area contributed by atoms with Gasteiger partial charge in [0.2, 0.25) is 0 Å². The second kappa shape index (κ2) is 4.23. The van der Waals surface area contributed by atoms with Gasteiger partial charge in [-0.25, -0.2) is 9.97 Å². The Hall–Kier alpha value is -1.20. The average molecular weight is 308 g/mol. The zero-order chi connectivity index (χ0) is 11.8. The van der Waals surface area contributed by atoms with Crippen molar-refractivity contribution < 1.29 is 0 Å². The van der Waals surface area contributed by atoms with Crippen LogP contribution in [0, 0.1) is 0 Å². The number of imidazole rings is 1. The first-order valence-corrected chi connectivity index (χ1v) is 7.03. The monoisotopic (exact) mass is 307 g/mol. The van der Waals surface area contributed by atoms with Crippen molar-refractivity contribution in [3.63, 3.8) is 0 Å². The summed E-state index contributed by atoms with van der Waals surface area (Å²) in [7, 11) is 0. The Morgan fingerprint density at radius 3 is 3.06 bits per heavy atom. The molecule has 0 saturated heterocycles. The third-order valence-corrected chi connectivity index (χ3v) is 4.36. The first-order chi connectivity index (χ1) is 8.28. The number of rotatable bonds is 2. The minimum atomic E-state index is 0.795. The Labute approximate surface area is 111 Å². The zero-order valence-corrected chi connectivity index (χ0v) is 11.6. The van der Waals surface area contributed by atoms with Gasteiger partial charge in [0, 0.05) is 16.0 Å². The molecule has 3 nitrogen and oxygen atoms in total. The maximum Gasteiger partial charge on any atom is 0.178 e. The van der Waals surface area contributed by atoms with Gasteiger partial charge in [-0.3, -0.25) is 0 Å². The molecular formula is C12H10BrN3S. The molecule has 86 valence electrons. The van der Waals surface area contributed by atoms with Gasteiger partial charge in [-0.1, -0.05) is 6.92 Å². The van der Waals surface area contributed by atoms with Crippen molar-refractivity contribution in [1.82, 2.24) is 15.0 Å². The Bertz CT molecular complexity index is 671. The van der Waals surface area contributed by atoms with Crippen LogP contribution in [0.3, 0.4) is 0 Å². The van der Waals surface area contributed by atoms with Crippen LogP contribution in [0.15, 0.2) is 28.2 Å². The van der Waals surface area contributed by atoms with Crippen LogP contribution in [-0.2, 0) is 6.42 Å². The fourth-order valence-electron chi connectivity index (χ4n) is 1.81. The van der Waals surface area contributed by atoms with E-state index < -0.39 is 0 Å². The number of thiophene rings is 1.